The molecule has 29 heavy (non-hydrogen) atoms. The number of benzene rings is 1. The summed E-state index contributed by atoms with van der Waals surface area (Å²) in [5.41, 5.74) is 2.71. The molecule has 0 aliphatic carbocycles. The lowest BCUT2D eigenvalue weighted by Crippen LogP contribution is -2.43. The number of nitrogens with zero attached hydrogens (tertiary/aromatic N) is 3. The van der Waals surface area contributed by atoms with Crippen molar-refractivity contribution in [2.75, 3.05) is 11.9 Å². The van der Waals surface area contributed by atoms with Crippen LogP contribution in [0.2, 0.25) is 0 Å². The molecule has 144 valence electrons. The quantitative estimate of drug-likeness (QED) is 0.753. The highest BCUT2D eigenvalue weighted by atomic mass is 16.2. The number of hydrogen-bond donors (Lipinski definition) is 1. The molecule has 5 rings (SSSR count). The predicted molar refractivity (Wildman–Crippen MR) is 108 cm³/mol. The SMILES string of the molecule is O=C(Cc1cccnc1)N1CCC2(C(=O)Nc3ccccc32)C1c1cccnc1. The Hall–Kier alpha value is -3.54. The van der Waals surface area contributed by atoms with Crippen LogP contribution in [0.5, 0.6) is 0 Å². The Morgan fingerprint density at radius 3 is 2.62 bits per heavy atom. The van der Waals surface area contributed by atoms with Crippen LogP contribution in [0.15, 0.2) is 73.3 Å². The monoisotopic (exact) mass is 384 g/mol. The van der Waals surface area contributed by atoms with Crippen molar-refractivity contribution in [1.29, 1.82) is 0 Å². The van der Waals surface area contributed by atoms with Gasteiger partial charge in [0.15, 0.2) is 0 Å². The smallest absolute Gasteiger partial charge is 0.237 e. The van der Waals surface area contributed by atoms with E-state index in [0.717, 1.165) is 22.4 Å². The van der Waals surface area contributed by atoms with E-state index in [1.54, 1.807) is 24.8 Å². The number of rotatable bonds is 3. The third-order valence-electron chi connectivity index (χ3n) is 5.99. The number of pyridine rings is 2. The molecular formula is C23H20N4O2. The topological polar surface area (TPSA) is 75.2 Å². The van der Waals surface area contributed by atoms with E-state index in [0.29, 0.717) is 13.0 Å². The molecule has 1 N–H and O–H groups in total. The minimum Gasteiger partial charge on any atom is -0.334 e. The standard InChI is InChI=1S/C23H20N4O2/c28-20(13-16-5-3-10-24-14-16)27-12-9-23(21(27)17-6-4-11-25-15-17)18-7-1-2-8-19(18)26-22(23)29/h1-8,10-11,14-15,21H,9,12-13H2,(H,26,29). The van der Waals surface area contributed by atoms with E-state index in [2.05, 4.69) is 15.3 Å². The second kappa shape index (κ2) is 6.81. The predicted octanol–water partition coefficient (Wildman–Crippen LogP) is 2.88. The Balaban J connectivity index is 1.59. The van der Waals surface area contributed by atoms with E-state index in [1.165, 1.54) is 0 Å². The van der Waals surface area contributed by atoms with Crippen molar-refractivity contribution >= 4 is 17.5 Å². The number of anilines is 1. The molecule has 2 aliphatic heterocycles. The fraction of sp³-hybridized carbons (Fsp3) is 0.217. The summed E-state index contributed by atoms with van der Waals surface area (Å²) < 4.78 is 0. The first-order valence-corrected chi connectivity index (χ1v) is 9.69. The van der Waals surface area contributed by atoms with Crippen LogP contribution < -0.4 is 5.32 Å². The molecule has 2 atom stereocenters. The second-order valence-electron chi connectivity index (χ2n) is 7.54. The van der Waals surface area contributed by atoms with Gasteiger partial charge in [-0.1, -0.05) is 30.3 Å². The lowest BCUT2D eigenvalue weighted by Gasteiger charge is -2.34. The van der Waals surface area contributed by atoms with Gasteiger partial charge in [-0.05, 0) is 41.3 Å². The summed E-state index contributed by atoms with van der Waals surface area (Å²) in [6.07, 6.45) is 7.70. The van der Waals surface area contributed by atoms with Crippen LogP contribution in [0, 0.1) is 0 Å². The molecule has 4 heterocycles. The molecule has 1 fully saturated rings. The molecule has 0 radical (unpaired) electrons. The molecular weight excluding hydrogens is 364 g/mol. The highest BCUT2D eigenvalue weighted by molar-refractivity contribution is 6.07. The summed E-state index contributed by atoms with van der Waals surface area (Å²) in [6, 6.07) is 14.9. The van der Waals surface area contributed by atoms with Gasteiger partial charge < -0.3 is 10.2 Å². The normalized spacial score (nSPS) is 22.6. The molecule has 3 aromatic rings. The van der Waals surface area contributed by atoms with Crippen molar-refractivity contribution in [3.05, 3.63) is 90.0 Å². The van der Waals surface area contributed by atoms with Gasteiger partial charge in [0.1, 0.15) is 5.41 Å². The molecule has 1 saturated heterocycles. The number of carbonyl (C=O) groups is 2. The maximum absolute atomic E-state index is 13.3. The van der Waals surface area contributed by atoms with Crippen molar-refractivity contribution in [3.8, 4) is 0 Å². The maximum Gasteiger partial charge on any atom is 0.237 e. The highest BCUT2D eigenvalue weighted by Crippen LogP contribution is 2.54. The largest absolute Gasteiger partial charge is 0.334 e. The molecule has 0 saturated carbocycles. The Morgan fingerprint density at radius 2 is 1.86 bits per heavy atom. The fourth-order valence-corrected chi connectivity index (χ4v) is 4.74. The van der Waals surface area contributed by atoms with Gasteiger partial charge in [-0.25, -0.2) is 0 Å². The zero-order valence-electron chi connectivity index (χ0n) is 15.8. The van der Waals surface area contributed by atoms with Crippen LogP contribution in [-0.4, -0.2) is 33.2 Å². The van der Waals surface area contributed by atoms with E-state index in [9.17, 15) is 9.59 Å². The summed E-state index contributed by atoms with van der Waals surface area (Å²) >= 11 is 0. The Bertz CT molecular complexity index is 1070. The molecule has 1 aromatic carbocycles. The van der Waals surface area contributed by atoms with Gasteiger partial charge in [0, 0.05) is 37.0 Å². The van der Waals surface area contributed by atoms with Crippen LogP contribution in [-0.2, 0) is 21.4 Å². The van der Waals surface area contributed by atoms with Crippen LogP contribution in [0.4, 0.5) is 5.69 Å². The number of aromatic nitrogens is 2. The lowest BCUT2D eigenvalue weighted by molar-refractivity contribution is -0.132. The first-order chi connectivity index (χ1) is 14.2. The van der Waals surface area contributed by atoms with E-state index >= 15 is 0 Å². The molecule has 2 amide bonds. The Morgan fingerprint density at radius 1 is 1.07 bits per heavy atom. The van der Waals surface area contributed by atoms with E-state index < -0.39 is 11.5 Å². The van der Waals surface area contributed by atoms with Gasteiger partial charge in [-0.2, -0.15) is 0 Å². The second-order valence-corrected chi connectivity index (χ2v) is 7.54. The third kappa shape index (κ3) is 2.71. The minimum absolute atomic E-state index is 0.0130. The zero-order chi connectivity index (χ0) is 19.8. The van der Waals surface area contributed by atoms with Crippen LogP contribution >= 0.6 is 0 Å². The average molecular weight is 384 g/mol. The molecule has 2 aliphatic rings. The Kier molecular flexibility index (Phi) is 4.12. The summed E-state index contributed by atoms with van der Waals surface area (Å²) in [5.74, 6) is -0.0647. The Labute approximate surface area is 168 Å². The van der Waals surface area contributed by atoms with E-state index in [1.807, 2.05) is 53.4 Å². The van der Waals surface area contributed by atoms with Gasteiger partial charge in [0.05, 0.1) is 12.5 Å². The maximum atomic E-state index is 13.3. The van der Waals surface area contributed by atoms with Crippen LogP contribution in [0.25, 0.3) is 0 Å². The number of likely N-dealkylation sites (tertiary alicyclic amines) is 1. The van der Waals surface area contributed by atoms with Gasteiger partial charge in [-0.3, -0.25) is 19.6 Å². The van der Waals surface area contributed by atoms with E-state index in [4.69, 9.17) is 0 Å². The first-order valence-electron chi connectivity index (χ1n) is 9.69. The highest BCUT2D eigenvalue weighted by Gasteiger charge is 2.59. The van der Waals surface area contributed by atoms with Crippen LogP contribution in [0.1, 0.15) is 29.2 Å². The number of fused-ring (bicyclic) bond motifs is 2. The minimum atomic E-state index is -0.801. The molecule has 6 heteroatoms. The lowest BCUT2D eigenvalue weighted by atomic mass is 9.73. The molecule has 0 bridgehead atoms. The van der Waals surface area contributed by atoms with Gasteiger partial charge in [0.2, 0.25) is 11.8 Å². The summed E-state index contributed by atoms with van der Waals surface area (Å²) in [4.78, 5) is 36.8. The fourth-order valence-electron chi connectivity index (χ4n) is 4.74. The van der Waals surface area contributed by atoms with Crippen molar-refractivity contribution < 1.29 is 9.59 Å². The van der Waals surface area contributed by atoms with Gasteiger partial charge in [0.25, 0.3) is 0 Å². The van der Waals surface area contributed by atoms with Crippen molar-refractivity contribution in [2.24, 2.45) is 0 Å². The molecule has 2 unspecified atom stereocenters. The number of para-hydroxylation sites is 1. The first kappa shape index (κ1) is 17.6. The van der Waals surface area contributed by atoms with Crippen molar-refractivity contribution in [3.63, 3.8) is 0 Å². The molecule has 2 aromatic heterocycles. The summed E-state index contributed by atoms with van der Waals surface area (Å²) in [5, 5.41) is 3.03. The van der Waals surface area contributed by atoms with Crippen molar-refractivity contribution in [2.45, 2.75) is 24.3 Å². The summed E-state index contributed by atoms with van der Waals surface area (Å²) in [6.45, 7) is 0.514. The molecule has 1 spiro atoms. The molecule has 6 nitrogen and oxygen atoms in total. The average Bonchev–Trinajstić information content (AvgIpc) is 3.29. The van der Waals surface area contributed by atoms with Gasteiger partial charge in [-0.15, -0.1) is 0 Å². The van der Waals surface area contributed by atoms with Crippen LogP contribution in [0.3, 0.4) is 0 Å². The third-order valence-corrected chi connectivity index (χ3v) is 5.99. The number of amides is 2. The van der Waals surface area contributed by atoms with Crippen molar-refractivity contribution in [1.82, 2.24) is 14.9 Å². The number of carbonyl (C=O) groups excluding carboxylic acids is 2. The summed E-state index contributed by atoms with van der Waals surface area (Å²) in [7, 11) is 0. The van der Waals surface area contributed by atoms with Gasteiger partial charge >= 0.3 is 0 Å². The zero-order valence-corrected chi connectivity index (χ0v) is 15.8. The van der Waals surface area contributed by atoms with E-state index in [-0.39, 0.29) is 18.2 Å². The number of nitrogens with one attached hydrogen (secondary N) is 1. The number of hydrogen-bond acceptors (Lipinski definition) is 4.